The molecule has 0 bridgehead atoms. The van der Waals surface area contributed by atoms with Crippen LogP contribution < -0.4 is 0 Å². The highest BCUT2D eigenvalue weighted by Gasteiger charge is 2.03. The Balaban J connectivity index is 3.13. The maximum Gasteiger partial charge on any atom is -0.00339 e. The van der Waals surface area contributed by atoms with Crippen LogP contribution in [0.25, 0.3) is 0 Å². The van der Waals surface area contributed by atoms with Crippen LogP contribution in [0.15, 0.2) is 0 Å². The molecule has 0 unspecified atom stereocenters. The Kier molecular flexibility index (Phi) is 36.4. The number of thioether (sulfide) groups is 2. The Labute approximate surface area is 252 Å². The zero-order valence-electron chi connectivity index (χ0n) is 27.0. The quantitative estimate of drug-likeness (QED) is 0.0705. The molecular formula is C36H74S2. The van der Waals surface area contributed by atoms with Gasteiger partial charge in [0.2, 0.25) is 0 Å². The van der Waals surface area contributed by atoms with Crippen molar-refractivity contribution in [3.63, 3.8) is 0 Å². The lowest BCUT2D eigenvalue weighted by Gasteiger charge is -2.11. The number of hydrogen-bond donors (Lipinski definition) is 0. The zero-order chi connectivity index (χ0) is 27.6. The molecule has 0 aromatic rings. The standard InChI is InChI=1S/C36H74S2/c1-4-6-8-10-12-14-16-18-20-22-24-26-28-30-32-37-34-36(3)35-38-33-31-29-27-25-23-21-19-17-15-13-11-9-7-5-2/h36H,4-35H2,1-3H3. The summed E-state index contributed by atoms with van der Waals surface area (Å²) in [5.74, 6) is 6.44. The van der Waals surface area contributed by atoms with E-state index in [2.05, 4.69) is 44.3 Å². The van der Waals surface area contributed by atoms with Crippen molar-refractivity contribution in [3.8, 4) is 0 Å². The van der Waals surface area contributed by atoms with Gasteiger partial charge in [0.1, 0.15) is 0 Å². The Morgan fingerprint density at radius 3 is 0.763 bits per heavy atom. The predicted octanol–water partition coefficient (Wildman–Crippen LogP) is 14.1. The van der Waals surface area contributed by atoms with Crippen LogP contribution in [0.4, 0.5) is 0 Å². The molecule has 0 aliphatic carbocycles. The van der Waals surface area contributed by atoms with Gasteiger partial charge in [0.25, 0.3) is 0 Å². The fraction of sp³-hybridized carbons (Fsp3) is 1.00. The smallest absolute Gasteiger partial charge is 0.00339 e. The summed E-state index contributed by atoms with van der Waals surface area (Å²) in [6, 6.07) is 0. The van der Waals surface area contributed by atoms with E-state index in [0.717, 1.165) is 5.92 Å². The first kappa shape index (κ1) is 38.7. The van der Waals surface area contributed by atoms with Gasteiger partial charge < -0.3 is 0 Å². The molecule has 0 N–H and O–H groups in total. The van der Waals surface area contributed by atoms with Crippen LogP contribution in [0.5, 0.6) is 0 Å². The molecule has 0 heterocycles. The van der Waals surface area contributed by atoms with Crippen molar-refractivity contribution in [1.82, 2.24) is 0 Å². The van der Waals surface area contributed by atoms with Crippen molar-refractivity contribution in [1.29, 1.82) is 0 Å². The third kappa shape index (κ3) is 34.7. The van der Waals surface area contributed by atoms with Gasteiger partial charge >= 0.3 is 0 Å². The molecule has 38 heavy (non-hydrogen) atoms. The summed E-state index contributed by atoms with van der Waals surface area (Å²) in [7, 11) is 0. The van der Waals surface area contributed by atoms with Gasteiger partial charge in [0.05, 0.1) is 0 Å². The molecule has 0 saturated carbocycles. The Morgan fingerprint density at radius 2 is 0.526 bits per heavy atom. The summed E-state index contributed by atoms with van der Waals surface area (Å²) in [5, 5.41) is 0. The van der Waals surface area contributed by atoms with Gasteiger partial charge in [-0.15, -0.1) is 0 Å². The van der Waals surface area contributed by atoms with E-state index in [-0.39, 0.29) is 0 Å². The number of hydrogen-bond acceptors (Lipinski definition) is 2. The molecule has 0 rings (SSSR count). The highest BCUT2D eigenvalue weighted by atomic mass is 32.2. The molecular weight excluding hydrogens is 497 g/mol. The second kappa shape index (κ2) is 35.7. The van der Waals surface area contributed by atoms with Crippen molar-refractivity contribution < 1.29 is 0 Å². The van der Waals surface area contributed by atoms with E-state index in [0.29, 0.717) is 0 Å². The first-order valence-corrected chi connectivity index (χ1v) is 20.3. The van der Waals surface area contributed by atoms with Gasteiger partial charge in [-0.2, -0.15) is 23.5 Å². The van der Waals surface area contributed by atoms with Crippen LogP contribution in [-0.2, 0) is 0 Å². The lowest BCUT2D eigenvalue weighted by atomic mass is 10.0. The summed E-state index contributed by atoms with van der Waals surface area (Å²) in [6.07, 6.45) is 41.0. The fourth-order valence-electron chi connectivity index (χ4n) is 5.41. The average molecular weight is 571 g/mol. The van der Waals surface area contributed by atoms with Crippen molar-refractivity contribution in [2.75, 3.05) is 23.0 Å². The van der Waals surface area contributed by atoms with Gasteiger partial charge in [0.15, 0.2) is 0 Å². The molecule has 230 valence electrons. The number of rotatable bonds is 34. The lowest BCUT2D eigenvalue weighted by molar-refractivity contribution is 0.538. The molecule has 0 radical (unpaired) electrons. The summed E-state index contributed by atoms with van der Waals surface area (Å²) < 4.78 is 0. The van der Waals surface area contributed by atoms with Crippen molar-refractivity contribution in [2.24, 2.45) is 5.92 Å². The summed E-state index contributed by atoms with van der Waals surface area (Å²) >= 11 is 4.44. The molecule has 0 aromatic heterocycles. The van der Waals surface area contributed by atoms with Gasteiger partial charge in [-0.05, 0) is 41.8 Å². The van der Waals surface area contributed by atoms with E-state index in [4.69, 9.17) is 0 Å². The highest BCUT2D eigenvalue weighted by molar-refractivity contribution is 8.00. The maximum absolute atomic E-state index is 2.47. The van der Waals surface area contributed by atoms with Gasteiger partial charge in [-0.1, -0.05) is 188 Å². The lowest BCUT2D eigenvalue weighted by Crippen LogP contribution is -2.03. The summed E-state index contributed by atoms with van der Waals surface area (Å²) in [6.45, 7) is 7.08. The Morgan fingerprint density at radius 1 is 0.316 bits per heavy atom. The van der Waals surface area contributed by atoms with Gasteiger partial charge in [0, 0.05) is 0 Å². The van der Waals surface area contributed by atoms with Crippen LogP contribution in [0.3, 0.4) is 0 Å². The molecule has 0 nitrogen and oxygen atoms in total. The van der Waals surface area contributed by atoms with Crippen LogP contribution >= 0.6 is 23.5 Å². The molecule has 0 atom stereocenters. The molecule has 0 fully saturated rings. The molecule has 0 saturated heterocycles. The molecule has 0 spiro atoms. The second-order valence-electron chi connectivity index (χ2n) is 12.4. The van der Waals surface area contributed by atoms with Crippen LogP contribution in [0, 0.1) is 5.92 Å². The largest absolute Gasteiger partial charge is 0.162 e. The number of unbranched alkanes of at least 4 members (excludes halogenated alkanes) is 26. The summed E-state index contributed by atoms with van der Waals surface area (Å²) in [5.41, 5.74) is 0. The van der Waals surface area contributed by atoms with E-state index in [1.807, 2.05) is 0 Å². The minimum atomic E-state index is 0.892. The molecule has 0 aliphatic rings. The van der Waals surface area contributed by atoms with Crippen LogP contribution in [0.1, 0.15) is 201 Å². The minimum Gasteiger partial charge on any atom is -0.162 e. The topological polar surface area (TPSA) is 0 Å². The average Bonchev–Trinajstić information content (AvgIpc) is 2.92. The van der Waals surface area contributed by atoms with E-state index < -0.39 is 0 Å². The fourth-order valence-corrected chi connectivity index (χ4v) is 7.75. The van der Waals surface area contributed by atoms with E-state index in [1.165, 1.54) is 203 Å². The predicted molar refractivity (Wildman–Crippen MR) is 184 cm³/mol. The molecule has 2 heteroatoms. The zero-order valence-corrected chi connectivity index (χ0v) is 28.7. The monoisotopic (exact) mass is 571 g/mol. The third-order valence-electron chi connectivity index (χ3n) is 8.09. The minimum absolute atomic E-state index is 0.892. The summed E-state index contributed by atoms with van der Waals surface area (Å²) in [4.78, 5) is 0. The van der Waals surface area contributed by atoms with Crippen molar-refractivity contribution in [3.05, 3.63) is 0 Å². The normalized spacial score (nSPS) is 11.7. The van der Waals surface area contributed by atoms with Crippen molar-refractivity contribution in [2.45, 2.75) is 201 Å². The Hall–Kier alpha value is 0.700. The van der Waals surface area contributed by atoms with E-state index in [1.54, 1.807) is 0 Å². The maximum atomic E-state index is 2.47. The highest BCUT2D eigenvalue weighted by Crippen LogP contribution is 2.19. The van der Waals surface area contributed by atoms with Crippen molar-refractivity contribution >= 4 is 23.5 Å². The first-order valence-electron chi connectivity index (χ1n) is 18.0. The molecule has 0 amide bonds. The van der Waals surface area contributed by atoms with Gasteiger partial charge in [-0.25, -0.2) is 0 Å². The van der Waals surface area contributed by atoms with Crippen LogP contribution in [0.2, 0.25) is 0 Å². The molecule has 0 aromatic carbocycles. The van der Waals surface area contributed by atoms with Crippen LogP contribution in [-0.4, -0.2) is 23.0 Å². The third-order valence-corrected chi connectivity index (χ3v) is 10.9. The van der Waals surface area contributed by atoms with E-state index in [9.17, 15) is 0 Å². The second-order valence-corrected chi connectivity index (χ2v) is 14.7. The SMILES string of the molecule is CCCCCCCCCCCCCCCCSCC(C)CSCCCCCCCCCCCCCCCC. The van der Waals surface area contributed by atoms with Gasteiger partial charge in [-0.3, -0.25) is 0 Å². The first-order chi connectivity index (χ1) is 18.8. The Bertz CT molecular complexity index is 361. The van der Waals surface area contributed by atoms with E-state index >= 15 is 0 Å². The molecule has 0 aliphatic heterocycles.